The maximum atomic E-state index is 11.9. The first kappa shape index (κ1) is 12.0. The third kappa shape index (κ3) is 3.81. The van der Waals surface area contributed by atoms with Gasteiger partial charge in [-0.15, -0.1) is 13.2 Å². The summed E-state index contributed by atoms with van der Waals surface area (Å²) in [6, 6.07) is 5.90. The predicted molar refractivity (Wildman–Crippen MR) is 56.0 cm³/mol. The molecule has 17 heavy (non-hydrogen) atoms. The van der Waals surface area contributed by atoms with Gasteiger partial charge >= 0.3 is 6.36 Å². The van der Waals surface area contributed by atoms with Crippen LogP contribution in [0.5, 0.6) is 5.75 Å². The second-order valence-corrected chi connectivity index (χ2v) is 3.78. The summed E-state index contributed by atoms with van der Waals surface area (Å²) in [7, 11) is 0. The topological polar surface area (TPSA) is 30.5 Å². The Morgan fingerprint density at radius 2 is 1.94 bits per heavy atom. The van der Waals surface area contributed by atoms with E-state index in [9.17, 15) is 13.2 Å². The lowest BCUT2D eigenvalue weighted by Crippen LogP contribution is -2.19. The molecule has 1 saturated heterocycles. The molecule has 1 aliphatic rings. The van der Waals surface area contributed by atoms with Crippen LogP contribution in [-0.4, -0.2) is 25.6 Å². The number of benzene rings is 1. The number of anilines is 1. The van der Waals surface area contributed by atoms with Crippen molar-refractivity contribution in [1.29, 1.82) is 0 Å². The van der Waals surface area contributed by atoms with Crippen molar-refractivity contribution in [3.8, 4) is 5.75 Å². The van der Waals surface area contributed by atoms with E-state index in [0.717, 1.165) is 12.1 Å². The Labute approximate surface area is 96.5 Å². The minimum Gasteiger partial charge on any atom is -0.406 e. The van der Waals surface area contributed by atoms with E-state index in [2.05, 4.69) is 10.1 Å². The van der Waals surface area contributed by atoms with Crippen LogP contribution in [0.15, 0.2) is 24.3 Å². The second-order valence-electron chi connectivity index (χ2n) is 3.78. The number of hydrogen-bond donors (Lipinski definition) is 1. The first-order valence-electron chi connectivity index (χ1n) is 5.23. The van der Waals surface area contributed by atoms with Crippen LogP contribution < -0.4 is 10.1 Å². The zero-order valence-corrected chi connectivity index (χ0v) is 8.96. The van der Waals surface area contributed by atoms with Gasteiger partial charge in [-0.05, 0) is 30.7 Å². The number of halogens is 3. The van der Waals surface area contributed by atoms with Crippen molar-refractivity contribution >= 4 is 5.69 Å². The standard InChI is InChI=1S/C11H12F3NO2/c12-11(13,14)17-10-3-1-8(2-4-10)15-9-5-6-16-7-9/h1-4,9,15H,5-7H2. The van der Waals surface area contributed by atoms with Crippen LogP contribution in [-0.2, 0) is 4.74 Å². The average Bonchev–Trinajstić information content (AvgIpc) is 2.71. The molecular weight excluding hydrogens is 235 g/mol. The van der Waals surface area contributed by atoms with E-state index in [1.807, 2.05) is 0 Å². The Kier molecular flexibility index (Phi) is 3.42. The molecule has 1 aromatic rings. The van der Waals surface area contributed by atoms with Gasteiger partial charge in [0.15, 0.2) is 0 Å². The molecule has 1 N–H and O–H groups in total. The molecule has 1 unspecified atom stereocenters. The lowest BCUT2D eigenvalue weighted by Gasteiger charge is -2.13. The summed E-state index contributed by atoms with van der Waals surface area (Å²) >= 11 is 0. The van der Waals surface area contributed by atoms with Crippen molar-refractivity contribution in [2.75, 3.05) is 18.5 Å². The summed E-state index contributed by atoms with van der Waals surface area (Å²) in [5, 5.41) is 3.17. The molecule has 0 aliphatic carbocycles. The molecule has 0 aromatic heterocycles. The number of ether oxygens (including phenoxy) is 2. The van der Waals surface area contributed by atoms with E-state index < -0.39 is 6.36 Å². The fraction of sp³-hybridized carbons (Fsp3) is 0.455. The van der Waals surface area contributed by atoms with Gasteiger partial charge in [0.05, 0.1) is 12.6 Å². The van der Waals surface area contributed by atoms with Crippen molar-refractivity contribution in [1.82, 2.24) is 0 Å². The van der Waals surface area contributed by atoms with Gasteiger partial charge < -0.3 is 14.8 Å². The van der Waals surface area contributed by atoms with Crippen LogP contribution in [0.3, 0.4) is 0 Å². The molecule has 2 rings (SSSR count). The number of alkyl halides is 3. The van der Waals surface area contributed by atoms with Gasteiger partial charge in [-0.2, -0.15) is 0 Å². The molecule has 6 heteroatoms. The molecule has 1 fully saturated rings. The quantitative estimate of drug-likeness (QED) is 0.890. The molecule has 3 nitrogen and oxygen atoms in total. The van der Waals surface area contributed by atoms with Crippen molar-refractivity contribution < 1.29 is 22.6 Å². The summed E-state index contributed by atoms with van der Waals surface area (Å²) in [4.78, 5) is 0. The van der Waals surface area contributed by atoms with Crippen LogP contribution in [0.25, 0.3) is 0 Å². The molecule has 1 aliphatic heterocycles. The lowest BCUT2D eigenvalue weighted by molar-refractivity contribution is -0.274. The fourth-order valence-electron chi connectivity index (χ4n) is 1.64. The summed E-state index contributed by atoms with van der Waals surface area (Å²) in [5.74, 6) is -0.217. The minimum absolute atomic E-state index is 0.217. The van der Waals surface area contributed by atoms with Gasteiger partial charge in [-0.3, -0.25) is 0 Å². The number of rotatable bonds is 3. The first-order chi connectivity index (χ1) is 8.03. The molecule has 0 radical (unpaired) electrons. The average molecular weight is 247 g/mol. The highest BCUT2D eigenvalue weighted by Crippen LogP contribution is 2.24. The maximum absolute atomic E-state index is 11.9. The zero-order valence-electron chi connectivity index (χ0n) is 8.96. The van der Waals surface area contributed by atoms with E-state index in [4.69, 9.17) is 4.74 Å². The second kappa shape index (κ2) is 4.83. The van der Waals surface area contributed by atoms with Crippen LogP contribution in [0.2, 0.25) is 0 Å². The van der Waals surface area contributed by atoms with E-state index in [-0.39, 0.29) is 11.8 Å². The highest BCUT2D eigenvalue weighted by Gasteiger charge is 2.30. The molecule has 94 valence electrons. The molecule has 1 aromatic carbocycles. The lowest BCUT2D eigenvalue weighted by atomic mass is 10.2. The largest absolute Gasteiger partial charge is 0.573 e. The van der Waals surface area contributed by atoms with Crippen LogP contribution in [0.4, 0.5) is 18.9 Å². The summed E-state index contributed by atoms with van der Waals surface area (Å²) in [6.45, 7) is 1.34. The van der Waals surface area contributed by atoms with Gasteiger partial charge in [0.25, 0.3) is 0 Å². The maximum Gasteiger partial charge on any atom is 0.573 e. The van der Waals surface area contributed by atoms with Gasteiger partial charge in [-0.1, -0.05) is 0 Å². The highest BCUT2D eigenvalue weighted by atomic mass is 19.4. The Hall–Kier alpha value is -1.43. The summed E-state index contributed by atoms with van der Waals surface area (Å²) in [5.41, 5.74) is 0.759. The summed E-state index contributed by atoms with van der Waals surface area (Å²) < 4.78 is 44.7. The van der Waals surface area contributed by atoms with Crippen LogP contribution in [0, 0.1) is 0 Å². The number of nitrogens with one attached hydrogen (secondary N) is 1. The van der Waals surface area contributed by atoms with Crippen LogP contribution in [0.1, 0.15) is 6.42 Å². The van der Waals surface area contributed by atoms with E-state index >= 15 is 0 Å². The van der Waals surface area contributed by atoms with Crippen LogP contribution >= 0.6 is 0 Å². The van der Waals surface area contributed by atoms with Gasteiger partial charge in [0.2, 0.25) is 0 Å². The molecule has 0 saturated carbocycles. The Bertz CT molecular complexity index is 358. The molecule has 0 spiro atoms. The van der Waals surface area contributed by atoms with Gasteiger partial charge in [0.1, 0.15) is 5.75 Å². The highest BCUT2D eigenvalue weighted by molar-refractivity contribution is 5.47. The molecular formula is C11H12F3NO2. The zero-order chi connectivity index (χ0) is 12.3. The predicted octanol–water partition coefficient (Wildman–Crippen LogP) is 2.79. The van der Waals surface area contributed by atoms with E-state index in [0.29, 0.717) is 13.2 Å². The van der Waals surface area contributed by atoms with Gasteiger partial charge in [0, 0.05) is 12.3 Å². The number of hydrogen-bond acceptors (Lipinski definition) is 3. The van der Waals surface area contributed by atoms with Gasteiger partial charge in [-0.25, -0.2) is 0 Å². The molecule has 1 heterocycles. The molecule has 0 amide bonds. The van der Waals surface area contributed by atoms with Crippen molar-refractivity contribution in [2.45, 2.75) is 18.8 Å². The SMILES string of the molecule is FC(F)(F)Oc1ccc(NC2CCOC2)cc1. The van der Waals surface area contributed by atoms with E-state index in [1.165, 1.54) is 12.1 Å². The normalized spacial score (nSPS) is 20.3. The smallest absolute Gasteiger partial charge is 0.406 e. The Morgan fingerprint density at radius 3 is 2.47 bits per heavy atom. The Balaban J connectivity index is 1.93. The summed E-state index contributed by atoms with van der Waals surface area (Å²) in [6.07, 6.45) is -3.74. The van der Waals surface area contributed by atoms with Crippen molar-refractivity contribution in [3.05, 3.63) is 24.3 Å². The Morgan fingerprint density at radius 1 is 1.24 bits per heavy atom. The van der Waals surface area contributed by atoms with Crippen molar-refractivity contribution in [3.63, 3.8) is 0 Å². The monoisotopic (exact) mass is 247 g/mol. The molecule has 1 atom stereocenters. The van der Waals surface area contributed by atoms with Crippen molar-refractivity contribution in [2.24, 2.45) is 0 Å². The third-order valence-electron chi connectivity index (χ3n) is 2.39. The third-order valence-corrected chi connectivity index (χ3v) is 2.39. The van der Waals surface area contributed by atoms with E-state index in [1.54, 1.807) is 12.1 Å². The minimum atomic E-state index is -4.64. The fourth-order valence-corrected chi connectivity index (χ4v) is 1.64. The molecule has 0 bridgehead atoms. The first-order valence-corrected chi connectivity index (χ1v) is 5.23.